The molecule has 0 unspecified atom stereocenters. The Morgan fingerprint density at radius 3 is 2.22 bits per heavy atom. The van der Waals surface area contributed by atoms with E-state index in [9.17, 15) is 15.4 Å². The smallest absolute Gasteiger partial charge is 0.258 e. The van der Waals surface area contributed by atoms with E-state index in [0.29, 0.717) is 16.7 Å². The average molecular weight is 267 g/mol. The maximum Gasteiger partial charge on any atom is 0.288 e. The first-order chi connectivity index (χ1) is 8.31. The van der Waals surface area contributed by atoms with Crippen LogP contribution in [0.2, 0.25) is 5.02 Å². The molecule has 0 atom stereocenters. The number of hydrogen-bond acceptors (Lipinski definition) is 3. The Labute approximate surface area is 111 Å². The minimum Gasteiger partial charge on any atom is -0.258 e. The molecule has 0 bridgehead atoms. The van der Waals surface area contributed by atoms with Crippen LogP contribution in [-0.2, 0) is 0 Å². The fourth-order valence-corrected chi connectivity index (χ4v) is 2.38. The Bertz CT molecular complexity index is 531. The average Bonchev–Trinajstić information content (AvgIpc) is 2.26. The minimum absolute atomic E-state index is 0.0353. The third-order valence-electron chi connectivity index (χ3n) is 2.82. The van der Waals surface area contributed by atoms with Gasteiger partial charge in [-0.3, -0.25) is 10.1 Å². The predicted octanol–water partition coefficient (Wildman–Crippen LogP) is 4.37. The van der Waals surface area contributed by atoms with E-state index in [2.05, 4.69) is 6.07 Å². The van der Waals surface area contributed by atoms with Gasteiger partial charge in [-0.05, 0) is 23.0 Å². The fourth-order valence-electron chi connectivity index (χ4n) is 1.94. The molecule has 1 rings (SSSR count). The molecular formula is C13H15ClN2O2. The molecule has 0 aliphatic rings. The molecule has 0 radical (unpaired) electrons. The van der Waals surface area contributed by atoms with Gasteiger partial charge in [0.1, 0.15) is 5.02 Å². The highest BCUT2D eigenvalue weighted by atomic mass is 35.5. The molecule has 4 nitrogen and oxygen atoms in total. The Morgan fingerprint density at radius 1 is 1.33 bits per heavy atom. The molecule has 1 aromatic rings. The standard InChI is InChI=1S/C13H15ClN2O2/c1-7(2)9-5-11(16(17)18)13(14)12(8(3)4)10(9)6-15/h5,7-8H,1-4H3. The number of nitro benzene ring substituents is 1. The maximum absolute atomic E-state index is 11.0. The van der Waals surface area contributed by atoms with Crippen molar-refractivity contribution < 1.29 is 4.92 Å². The summed E-state index contributed by atoms with van der Waals surface area (Å²) in [6, 6.07) is 3.54. The van der Waals surface area contributed by atoms with Gasteiger partial charge in [-0.15, -0.1) is 0 Å². The van der Waals surface area contributed by atoms with Gasteiger partial charge in [0.25, 0.3) is 5.69 Å². The van der Waals surface area contributed by atoms with Crippen molar-refractivity contribution in [3.8, 4) is 6.07 Å². The van der Waals surface area contributed by atoms with E-state index >= 15 is 0 Å². The van der Waals surface area contributed by atoms with Gasteiger partial charge in [-0.1, -0.05) is 39.3 Å². The quantitative estimate of drug-likeness (QED) is 0.603. The largest absolute Gasteiger partial charge is 0.288 e. The maximum atomic E-state index is 11.0. The SMILES string of the molecule is CC(C)c1cc([N+](=O)[O-])c(Cl)c(C(C)C)c1C#N. The highest BCUT2D eigenvalue weighted by Crippen LogP contribution is 2.39. The van der Waals surface area contributed by atoms with Crippen LogP contribution in [0.25, 0.3) is 0 Å². The summed E-state index contributed by atoms with van der Waals surface area (Å²) in [5, 5.41) is 20.4. The molecule has 0 fully saturated rings. The summed E-state index contributed by atoms with van der Waals surface area (Å²) < 4.78 is 0. The van der Waals surface area contributed by atoms with E-state index in [1.165, 1.54) is 6.07 Å². The Morgan fingerprint density at radius 2 is 1.89 bits per heavy atom. The van der Waals surface area contributed by atoms with Gasteiger partial charge < -0.3 is 0 Å². The summed E-state index contributed by atoms with van der Waals surface area (Å²) in [6.45, 7) is 7.54. The monoisotopic (exact) mass is 266 g/mol. The molecule has 0 amide bonds. The summed E-state index contributed by atoms with van der Waals surface area (Å²) in [7, 11) is 0. The Kier molecular flexibility index (Phi) is 4.31. The van der Waals surface area contributed by atoms with Crippen LogP contribution < -0.4 is 0 Å². The zero-order valence-corrected chi connectivity index (χ0v) is 11.6. The van der Waals surface area contributed by atoms with E-state index < -0.39 is 4.92 Å². The summed E-state index contributed by atoms with van der Waals surface area (Å²) in [5.74, 6) is -0.00216. The van der Waals surface area contributed by atoms with Gasteiger partial charge in [0, 0.05) is 6.07 Å². The van der Waals surface area contributed by atoms with E-state index in [0.717, 1.165) is 0 Å². The lowest BCUT2D eigenvalue weighted by molar-refractivity contribution is -0.384. The number of halogens is 1. The van der Waals surface area contributed by atoms with Crippen molar-refractivity contribution in [3.63, 3.8) is 0 Å². The van der Waals surface area contributed by atoms with Crippen molar-refractivity contribution in [3.05, 3.63) is 37.9 Å². The number of rotatable bonds is 3. The normalized spacial score (nSPS) is 10.8. The van der Waals surface area contributed by atoms with E-state index in [1.807, 2.05) is 27.7 Å². The molecule has 0 aromatic heterocycles. The van der Waals surface area contributed by atoms with Gasteiger partial charge in [0.15, 0.2) is 0 Å². The van der Waals surface area contributed by atoms with Gasteiger partial charge >= 0.3 is 0 Å². The second kappa shape index (κ2) is 5.36. The number of benzene rings is 1. The number of nitro groups is 1. The van der Waals surface area contributed by atoms with Gasteiger partial charge in [-0.2, -0.15) is 5.26 Å². The molecule has 18 heavy (non-hydrogen) atoms. The highest BCUT2D eigenvalue weighted by molar-refractivity contribution is 6.33. The summed E-state index contributed by atoms with van der Waals surface area (Å²) in [4.78, 5) is 10.5. The third kappa shape index (κ3) is 2.46. The van der Waals surface area contributed by atoms with Gasteiger partial charge in [0.2, 0.25) is 0 Å². The third-order valence-corrected chi connectivity index (χ3v) is 3.22. The summed E-state index contributed by atoms with van der Waals surface area (Å²) in [6.07, 6.45) is 0. The van der Waals surface area contributed by atoms with Crippen LogP contribution in [-0.4, -0.2) is 4.92 Å². The highest BCUT2D eigenvalue weighted by Gasteiger charge is 2.25. The molecule has 0 saturated heterocycles. The zero-order valence-electron chi connectivity index (χ0n) is 10.8. The van der Waals surface area contributed by atoms with Crippen LogP contribution >= 0.6 is 11.6 Å². The van der Waals surface area contributed by atoms with Crippen LogP contribution in [0.5, 0.6) is 0 Å². The van der Waals surface area contributed by atoms with Crippen LogP contribution in [0.15, 0.2) is 6.07 Å². The second-order valence-corrected chi connectivity index (χ2v) is 5.14. The first-order valence-electron chi connectivity index (χ1n) is 5.72. The van der Waals surface area contributed by atoms with Crippen molar-refractivity contribution in [1.29, 1.82) is 5.26 Å². The Balaban J connectivity index is 3.77. The first kappa shape index (κ1) is 14.5. The van der Waals surface area contributed by atoms with Crippen molar-refractivity contribution in [2.45, 2.75) is 39.5 Å². The fraction of sp³-hybridized carbons (Fsp3) is 0.462. The Hall–Kier alpha value is -1.60. The van der Waals surface area contributed by atoms with E-state index in [4.69, 9.17) is 11.6 Å². The molecular weight excluding hydrogens is 252 g/mol. The molecule has 0 saturated carbocycles. The molecule has 5 heteroatoms. The topological polar surface area (TPSA) is 66.9 Å². The van der Waals surface area contributed by atoms with Crippen LogP contribution in [0.3, 0.4) is 0 Å². The second-order valence-electron chi connectivity index (χ2n) is 4.77. The molecule has 0 aliphatic heterocycles. The van der Waals surface area contributed by atoms with Crippen LogP contribution in [0.4, 0.5) is 5.69 Å². The number of nitrogens with zero attached hydrogens (tertiary/aromatic N) is 2. The number of hydrogen-bond donors (Lipinski definition) is 0. The van der Waals surface area contributed by atoms with E-state index in [-0.39, 0.29) is 22.5 Å². The lowest BCUT2D eigenvalue weighted by atomic mass is 9.88. The number of nitriles is 1. The summed E-state index contributed by atoms with van der Waals surface area (Å²) in [5.41, 5.74) is 1.59. The molecule has 0 spiro atoms. The molecule has 1 aromatic carbocycles. The van der Waals surface area contributed by atoms with Gasteiger partial charge in [-0.25, -0.2) is 0 Å². The van der Waals surface area contributed by atoms with Crippen LogP contribution in [0.1, 0.15) is 56.2 Å². The molecule has 0 heterocycles. The summed E-state index contributed by atoms with van der Waals surface area (Å²) >= 11 is 6.07. The molecule has 0 N–H and O–H groups in total. The minimum atomic E-state index is -0.499. The zero-order chi connectivity index (χ0) is 14.0. The van der Waals surface area contributed by atoms with Crippen LogP contribution in [0, 0.1) is 21.4 Å². The molecule has 0 aliphatic carbocycles. The first-order valence-corrected chi connectivity index (χ1v) is 6.09. The lowest BCUT2D eigenvalue weighted by Gasteiger charge is -2.16. The van der Waals surface area contributed by atoms with Crippen molar-refractivity contribution >= 4 is 17.3 Å². The van der Waals surface area contributed by atoms with Crippen molar-refractivity contribution in [2.24, 2.45) is 0 Å². The predicted molar refractivity (Wildman–Crippen MR) is 71.0 cm³/mol. The van der Waals surface area contributed by atoms with Crippen molar-refractivity contribution in [1.82, 2.24) is 0 Å². The molecule has 96 valence electrons. The van der Waals surface area contributed by atoms with E-state index in [1.54, 1.807) is 0 Å². The lowest BCUT2D eigenvalue weighted by Crippen LogP contribution is -2.04. The van der Waals surface area contributed by atoms with Crippen molar-refractivity contribution in [2.75, 3.05) is 0 Å². The van der Waals surface area contributed by atoms with Gasteiger partial charge in [0.05, 0.1) is 16.6 Å².